The van der Waals surface area contributed by atoms with Gasteiger partial charge in [-0.3, -0.25) is 9.78 Å². The van der Waals surface area contributed by atoms with Crippen molar-refractivity contribution in [2.45, 2.75) is 26.2 Å². The number of rotatable bonds is 4. The molecule has 3 rings (SSSR count). The molecule has 0 spiro atoms. The van der Waals surface area contributed by atoms with Gasteiger partial charge >= 0.3 is 12.0 Å². The number of piperidine rings is 1. The first kappa shape index (κ1) is 17.5. The summed E-state index contributed by atoms with van der Waals surface area (Å²) < 4.78 is 0. The molecular formula is C18H26N4O3. The van der Waals surface area contributed by atoms with E-state index in [-0.39, 0.29) is 12.6 Å². The summed E-state index contributed by atoms with van der Waals surface area (Å²) in [5.41, 5.74) is 0.384. The van der Waals surface area contributed by atoms with Crippen LogP contribution in [0.2, 0.25) is 0 Å². The molecule has 1 aromatic heterocycles. The van der Waals surface area contributed by atoms with Crippen LogP contribution in [0.3, 0.4) is 0 Å². The molecule has 2 saturated heterocycles. The molecule has 2 aliphatic heterocycles. The van der Waals surface area contributed by atoms with E-state index in [1.165, 1.54) is 5.69 Å². The zero-order chi connectivity index (χ0) is 17.9. The number of nitrogens with one attached hydrogen (secondary N) is 1. The summed E-state index contributed by atoms with van der Waals surface area (Å²) >= 11 is 0. The first-order valence-electron chi connectivity index (χ1n) is 8.89. The van der Waals surface area contributed by atoms with E-state index < -0.39 is 11.4 Å². The molecule has 7 nitrogen and oxygen atoms in total. The normalized spacial score (nSPS) is 24.4. The molecule has 2 amide bonds. The topological polar surface area (TPSA) is 85.8 Å². The van der Waals surface area contributed by atoms with Crippen LogP contribution in [0.5, 0.6) is 0 Å². The minimum atomic E-state index is -0.828. The van der Waals surface area contributed by atoms with E-state index in [2.05, 4.69) is 15.2 Å². The first-order valence-corrected chi connectivity index (χ1v) is 8.89. The van der Waals surface area contributed by atoms with E-state index in [0.29, 0.717) is 25.4 Å². The lowest BCUT2D eigenvalue weighted by molar-refractivity contribution is -0.147. The molecule has 7 heteroatoms. The molecule has 0 aliphatic carbocycles. The lowest BCUT2D eigenvalue weighted by Gasteiger charge is -2.33. The average molecular weight is 346 g/mol. The third-order valence-electron chi connectivity index (χ3n) is 5.46. The molecule has 0 saturated carbocycles. The van der Waals surface area contributed by atoms with E-state index in [1.54, 1.807) is 11.8 Å². The first-order chi connectivity index (χ1) is 12.0. The van der Waals surface area contributed by atoms with Gasteiger partial charge in [-0.05, 0) is 44.2 Å². The fraction of sp³-hybridized carbons (Fsp3) is 0.611. The largest absolute Gasteiger partial charge is 0.481 e. The predicted octanol–water partition coefficient (Wildman–Crippen LogP) is 1.80. The van der Waals surface area contributed by atoms with Gasteiger partial charge in [-0.25, -0.2) is 4.79 Å². The van der Waals surface area contributed by atoms with Gasteiger partial charge in [0.2, 0.25) is 0 Å². The fourth-order valence-corrected chi connectivity index (χ4v) is 3.60. The Labute approximate surface area is 148 Å². The fourth-order valence-electron chi connectivity index (χ4n) is 3.60. The van der Waals surface area contributed by atoms with Gasteiger partial charge in [-0.1, -0.05) is 0 Å². The maximum Gasteiger partial charge on any atom is 0.317 e. The quantitative estimate of drug-likeness (QED) is 0.868. The Bertz CT molecular complexity index is 616. The molecule has 1 unspecified atom stereocenters. The second-order valence-electron chi connectivity index (χ2n) is 7.36. The van der Waals surface area contributed by atoms with Crippen molar-refractivity contribution >= 4 is 17.7 Å². The maximum absolute atomic E-state index is 12.3. The minimum absolute atomic E-state index is 0.137. The summed E-state index contributed by atoms with van der Waals surface area (Å²) in [7, 11) is 0. The molecule has 0 aromatic carbocycles. The van der Waals surface area contributed by atoms with Gasteiger partial charge in [0.25, 0.3) is 0 Å². The van der Waals surface area contributed by atoms with Crippen LogP contribution in [-0.4, -0.2) is 59.7 Å². The highest BCUT2D eigenvalue weighted by Gasteiger charge is 2.42. The number of pyridine rings is 1. The zero-order valence-corrected chi connectivity index (χ0v) is 14.6. The van der Waals surface area contributed by atoms with Crippen LogP contribution in [0.1, 0.15) is 26.2 Å². The number of carbonyl (C=O) groups is 2. The molecule has 2 N–H and O–H groups in total. The van der Waals surface area contributed by atoms with Gasteiger partial charge in [-0.2, -0.15) is 0 Å². The van der Waals surface area contributed by atoms with Crippen molar-refractivity contribution in [3.8, 4) is 0 Å². The van der Waals surface area contributed by atoms with Gasteiger partial charge in [-0.15, -0.1) is 0 Å². The van der Waals surface area contributed by atoms with E-state index in [4.69, 9.17) is 0 Å². The Morgan fingerprint density at radius 3 is 2.56 bits per heavy atom. The number of amides is 2. The molecule has 25 heavy (non-hydrogen) atoms. The van der Waals surface area contributed by atoms with Crippen LogP contribution in [-0.2, 0) is 4.79 Å². The molecule has 0 bridgehead atoms. The van der Waals surface area contributed by atoms with Crippen LogP contribution in [0.25, 0.3) is 0 Å². The highest BCUT2D eigenvalue weighted by Crippen LogP contribution is 2.30. The molecule has 2 fully saturated rings. The van der Waals surface area contributed by atoms with Crippen LogP contribution < -0.4 is 10.2 Å². The Kier molecular flexibility index (Phi) is 5.11. The number of anilines is 1. The standard InChI is InChI=1S/C18H26N4O3/c1-18(16(23)24)6-11-22(13-18)17(25)20-12-14-4-9-21(10-5-14)15-2-7-19-8-3-15/h2-3,7-8,14H,4-6,9-13H2,1H3,(H,20,25)(H,23,24). The van der Waals surface area contributed by atoms with E-state index in [0.717, 1.165) is 25.9 Å². The number of carboxylic acids is 1. The van der Waals surface area contributed by atoms with Crippen LogP contribution in [0, 0.1) is 11.3 Å². The van der Waals surface area contributed by atoms with Crippen LogP contribution in [0.4, 0.5) is 10.5 Å². The monoisotopic (exact) mass is 346 g/mol. The molecule has 2 aliphatic rings. The van der Waals surface area contributed by atoms with Gasteiger partial charge in [0, 0.05) is 50.8 Å². The molecule has 0 radical (unpaired) electrons. The highest BCUT2D eigenvalue weighted by molar-refractivity contribution is 5.79. The second kappa shape index (κ2) is 7.29. The van der Waals surface area contributed by atoms with Crippen molar-refractivity contribution in [3.05, 3.63) is 24.5 Å². The number of likely N-dealkylation sites (tertiary alicyclic amines) is 1. The van der Waals surface area contributed by atoms with Gasteiger partial charge in [0.1, 0.15) is 0 Å². The van der Waals surface area contributed by atoms with Gasteiger partial charge < -0.3 is 20.2 Å². The summed E-state index contributed by atoms with van der Waals surface area (Å²) in [4.78, 5) is 31.6. The molecular weight excluding hydrogens is 320 g/mol. The van der Waals surface area contributed by atoms with Crippen LogP contribution >= 0.6 is 0 Å². The van der Waals surface area contributed by atoms with Crippen molar-refractivity contribution in [2.75, 3.05) is 37.6 Å². The predicted molar refractivity (Wildman–Crippen MR) is 94.5 cm³/mol. The van der Waals surface area contributed by atoms with E-state index >= 15 is 0 Å². The molecule has 1 atom stereocenters. The third kappa shape index (κ3) is 4.03. The van der Waals surface area contributed by atoms with Crippen molar-refractivity contribution in [1.82, 2.24) is 15.2 Å². The number of carboxylic acid groups (broad SMARTS) is 1. The number of aliphatic carboxylic acids is 1. The Hall–Kier alpha value is -2.31. The van der Waals surface area contributed by atoms with E-state index in [9.17, 15) is 14.7 Å². The maximum atomic E-state index is 12.3. The number of nitrogens with zero attached hydrogens (tertiary/aromatic N) is 3. The Morgan fingerprint density at radius 2 is 1.96 bits per heavy atom. The Morgan fingerprint density at radius 1 is 1.28 bits per heavy atom. The third-order valence-corrected chi connectivity index (χ3v) is 5.46. The molecule has 136 valence electrons. The SMILES string of the molecule is CC1(C(=O)O)CCN(C(=O)NCC2CCN(c3ccncc3)CC2)C1. The van der Waals surface area contributed by atoms with Crippen molar-refractivity contribution in [1.29, 1.82) is 0 Å². The number of hydrogen-bond donors (Lipinski definition) is 2. The smallest absolute Gasteiger partial charge is 0.317 e. The summed E-state index contributed by atoms with van der Waals surface area (Å²) in [5, 5.41) is 12.2. The van der Waals surface area contributed by atoms with Crippen molar-refractivity contribution < 1.29 is 14.7 Å². The summed E-state index contributed by atoms with van der Waals surface area (Å²) in [6.45, 7) is 5.11. The van der Waals surface area contributed by atoms with Crippen molar-refractivity contribution in [3.63, 3.8) is 0 Å². The summed E-state index contributed by atoms with van der Waals surface area (Å²) in [6, 6.07) is 3.91. The Balaban J connectivity index is 1.41. The number of carbonyl (C=O) groups excluding carboxylic acids is 1. The average Bonchev–Trinajstić information content (AvgIpc) is 3.05. The molecule has 3 heterocycles. The van der Waals surface area contributed by atoms with Crippen LogP contribution in [0.15, 0.2) is 24.5 Å². The van der Waals surface area contributed by atoms with Gasteiger partial charge in [0.15, 0.2) is 0 Å². The van der Waals surface area contributed by atoms with Gasteiger partial charge in [0.05, 0.1) is 5.41 Å². The van der Waals surface area contributed by atoms with E-state index in [1.807, 2.05) is 24.5 Å². The highest BCUT2D eigenvalue weighted by atomic mass is 16.4. The molecule has 1 aromatic rings. The number of urea groups is 1. The number of aromatic nitrogens is 1. The summed E-state index contributed by atoms with van der Waals surface area (Å²) in [5.74, 6) is -0.359. The zero-order valence-electron chi connectivity index (χ0n) is 14.6. The number of hydrogen-bond acceptors (Lipinski definition) is 4. The van der Waals surface area contributed by atoms with Crippen molar-refractivity contribution in [2.24, 2.45) is 11.3 Å². The lowest BCUT2D eigenvalue weighted by atomic mass is 9.90. The second-order valence-corrected chi connectivity index (χ2v) is 7.36. The lowest BCUT2D eigenvalue weighted by Crippen LogP contribution is -2.44. The summed E-state index contributed by atoms with van der Waals surface area (Å²) in [6.07, 6.45) is 6.20. The minimum Gasteiger partial charge on any atom is -0.481 e.